The van der Waals surface area contributed by atoms with Crippen LogP contribution >= 0.6 is 0 Å². The molecular formula is C11H16N2O2. The van der Waals surface area contributed by atoms with Crippen LogP contribution in [0.2, 0.25) is 0 Å². The predicted molar refractivity (Wildman–Crippen MR) is 56.1 cm³/mol. The van der Waals surface area contributed by atoms with Gasteiger partial charge in [0.25, 0.3) is 0 Å². The number of carbonyl (C=O) groups excluding carboxylic acids is 2. The van der Waals surface area contributed by atoms with Crippen molar-refractivity contribution >= 4 is 12.2 Å². The van der Waals surface area contributed by atoms with Gasteiger partial charge in [-0.05, 0) is 31.6 Å². The predicted octanol–water partition coefficient (Wildman–Crippen LogP) is 2.00. The summed E-state index contributed by atoms with van der Waals surface area (Å²) in [6, 6.07) is -0.0756. The van der Waals surface area contributed by atoms with Crippen LogP contribution in [0, 0.1) is 5.41 Å². The Morgan fingerprint density at radius 2 is 1.80 bits per heavy atom. The largest absolute Gasteiger partial charge is 0.235 e. The lowest BCUT2D eigenvalue weighted by Gasteiger charge is -2.41. The molecule has 0 N–H and O–H groups in total. The normalized spacial score (nSPS) is 33.7. The van der Waals surface area contributed by atoms with Crippen molar-refractivity contribution in [3.8, 4) is 0 Å². The number of hydrogen-bond donors (Lipinski definition) is 0. The summed E-state index contributed by atoms with van der Waals surface area (Å²) in [6.07, 6.45) is 5.49. The molecule has 0 amide bonds. The number of nitrogens with zero attached hydrogens (tertiary/aromatic N) is 2. The van der Waals surface area contributed by atoms with E-state index in [0.717, 1.165) is 12.8 Å². The summed E-state index contributed by atoms with van der Waals surface area (Å²) in [5, 5.41) is 0. The van der Waals surface area contributed by atoms with E-state index in [1.165, 1.54) is 0 Å². The van der Waals surface area contributed by atoms with Gasteiger partial charge in [-0.1, -0.05) is 13.8 Å². The molecule has 0 aromatic heterocycles. The molecule has 0 aromatic carbocycles. The Hall–Kier alpha value is -1.24. The van der Waals surface area contributed by atoms with Crippen molar-refractivity contribution in [1.29, 1.82) is 0 Å². The maximum Gasteiger partial charge on any atom is 0.235 e. The Labute approximate surface area is 89.5 Å². The van der Waals surface area contributed by atoms with Crippen molar-refractivity contribution in [1.82, 2.24) is 0 Å². The summed E-state index contributed by atoms with van der Waals surface area (Å²) in [6.45, 7) is 6.10. The molecular weight excluding hydrogens is 192 g/mol. The molecule has 4 heteroatoms. The zero-order chi connectivity index (χ0) is 11.5. The van der Waals surface area contributed by atoms with Gasteiger partial charge in [-0.2, -0.15) is 4.99 Å². The fourth-order valence-corrected chi connectivity index (χ4v) is 2.75. The van der Waals surface area contributed by atoms with E-state index in [9.17, 15) is 9.59 Å². The minimum Gasteiger partial charge on any atom is -0.211 e. The van der Waals surface area contributed by atoms with E-state index in [0.29, 0.717) is 6.42 Å². The van der Waals surface area contributed by atoms with E-state index in [1.54, 1.807) is 12.2 Å². The zero-order valence-electron chi connectivity index (χ0n) is 9.41. The fraction of sp³-hybridized carbons (Fsp3) is 0.818. The molecule has 1 fully saturated rings. The van der Waals surface area contributed by atoms with E-state index in [4.69, 9.17) is 0 Å². The molecule has 0 heterocycles. The Kier molecular flexibility index (Phi) is 3.23. The van der Waals surface area contributed by atoms with E-state index < -0.39 is 5.54 Å². The Balaban J connectivity index is 2.94. The van der Waals surface area contributed by atoms with Crippen LogP contribution in [0.3, 0.4) is 0 Å². The number of isocyanates is 2. The SMILES string of the molecule is CC1(C)C[C@H](N=C=O)C[C@@](C)(N=C=O)C1. The van der Waals surface area contributed by atoms with Gasteiger partial charge in [-0.15, -0.1) is 0 Å². The number of aliphatic imine (C=N–C) groups is 2. The standard InChI is InChI=1S/C11H16N2O2/c1-10(2)4-9(12-7-14)5-11(3,6-10)13-8-15/h9H,4-6H2,1-3H3/t9-,11+/m0/s1. The lowest BCUT2D eigenvalue weighted by molar-refractivity contribution is 0.147. The highest BCUT2D eigenvalue weighted by molar-refractivity contribution is 5.36. The summed E-state index contributed by atoms with van der Waals surface area (Å²) < 4.78 is 0. The molecule has 1 saturated carbocycles. The van der Waals surface area contributed by atoms with Gasteiger partial charge in [0, 0.05) is 0 Å². The lowest BCUT2D eigenvalue weighted by Crippen LogP contribution is -2.40. The third kappa shape index (κ3) is 3.12. The quantitative estimate of drug-likeness (QED) is 0.514. The van der Waals surface area contributed by atoms with E-state index in [1.807, 2.05) is 6.92 Å². The van der Waals surface area contributed by atoms with Gasteiger partial charge in [-0.25, -0.2) is 14.6 Å². The molecule has 0 bridgehead atoms. The Bertz CT molecular complexity index is 338. The first-order chi connectivity index (χ1) is 6.91. The zero-order valence-corrected chi connectivity index (χ0v) is 9.41. The summed E-state index contributed by atoms with van der Waals surface area (Å²) in [7, 11) is 0. The number of rotatable bonds is 2. The topological polar surface area (TPSA) is 58.9 Å². The molecule has 0 spiro atoms. The van der Waals surface area contributed by atoms with Crippen LogP contribution in [0.4, 0.5) is 0 Å². The van der Waals surface area contributed by atoms with Crippen molar-refractivity contribution in [2.45, 2.75) is 51.6 Å². The Morgan fingerprint density at radius 1 is 1.13 bits per heavy atom. The monoisotopic (exact) mass is 208 g/mol. The molecule has 82 valence electrons. The maximum absolute atomic E-state index is 10.4. The molecule has 1 aliphatic rings. The second-order valence-corrected chi connectivity index (χ2v) is 5.32. The molecule has 0 aromatic rings. The molecule has 0 radical (unpaired) electrons. The summed E-state index contributed by atoms with van der Waals surface area (Å²) in [5.41, 5.74) is -0.396. The Morgan fingerprint density at radius 3 is 2.33 bits per heavy atom. The molecule has 0 unspecified atom stereocenters. The van der Waals surface area contributed by atoms with Gasteiger partial charge in [0.15, 0.2) is 0 Å². The second-order valence-electron chi connectivity index (χ2n) is 5.32. The summed E-state index contributed by atoms with van der Waals surface area (Å²) in [5.74, 6) is 0. The van der Waals surface area contributed by atoms with E-state index in [-0.39, 0.29) is 11.5 Å². The molecule has 2 atom stereocenters. The van der Waals surface area contributed by atoms with Gasteiger partial charge >= 0.3 is 0 Å². The summed E-state index contributed by atoms with van der Waals surface area (Å²) in [4.78, 5) is 28.2. The van der Waals surface area contributed by atoms with Crippen LogP contribution < -0.4 is 0 Å². The van der Waals surface area contributed by atoms with Gasteiger partial charge in [0.05, 0.1) is 11.6 Å². The van der Waals surface area contributed by atoms with Crippen molar-refractivity contribution in [2.75, 3.05) is 0 Å². The molecule has 0 saturated heterocycles. The van der Waals surface area contributed by atoms with Gasteiger partial charge < -0.3 is 0 Å². The van der Waals surface area contributed by atoms with Crippen LogP contribution in [-0.4, -0.2) is 23.7 Å². The highest BCUT2D eigenvalue weighted by Crippen LogP contribution is 2.43. The third-order valence-electron chi connectivity index (χ3n) is 2.87. The van der Waals surface area contributed by atoms with Crippen molar-refractivity contribution in [2.24, 2.45) is 15.4 Å². The third-order valence-corrected chi connectivity index (χ3v) is 2.87. The maximum atomic E-state index is 10.4. The summed E-state index contributed by atoms with van der Waals surface area (Å²) >= 11 is 0. The first kappa shape index (κ1) is 11.8. The average Bonchev–Trinajstić information content (AvgIpc) is 1.99. The first-order valence-corrected chi connectivity index (χ1v) is 5.07. The van der Waals surface area contributed by atoms with Crippen molar-refractivity contribution in [3.05, 3.63) is 0 Å². The van der Waals surface area contributed by atoms with Crippen LogP contribution in [0.15, 0.2) is 9.98 Å². The van der Waals surface area contributed by atoms with Crippen LogP contribution in [0.1, 0.15) is 40.0 Å². The lowest BCUT2D eigenvalue weighted by atomic mass is 9.67. The van der Waals surface area contributed by atoms with Gasteiger partial charge in [-0.3, -0.25) is 0 Å². The van der Waals surface area contributed by atoms with E-state index >= 15 is 0 Å². The van der Waals surface area contributed by atoms with Crippen molar-refractivity contribution < 1.29 is 9.59 Å². The smallest absolute Gasteiger partial charge is 0.211 e. The molecule has 1 rings (SSSR count). The van der Waals surface area contributed by atoms with E-state index in [2.05, 4.69) is 23.8 Å². The number of hydrogen-bond acceptors (Lipinski definition) is 4. The van der Waals surface area contributed by atoms with Crippen LogP contribution in [0.25, 0.3) is 0 Å². The van der Waals surface area contributed by atoms with Crippen molar-refractivity contribution in [3.63, 3.8) is 0 Å². The van der Waals surface area contributed by atoms with Gasteiger partial charge in [0.1, 0.15) is 0 Å². The van der Waals surface area contributed by atoms with Gasteiger partial charge in [0.2, 0.25) is 12.2 Å². The van der Waals surface area contributed by atoms with Crippen LogP contribution in [-0.2, 0) is 9.59 Å². The minimum atomic E-state index is -0.436. The average molecular weight is 208 g/mol. The highest BCUT2D eigenvalue weighted by atomic mass is 16.1. The minimum absolute atomic E-state index is 0.0400. The molecule has 1 aliphatic carbocycles. The second kappa shape index (κ2) is 4.09. The molecule has 15 heavy (non-hydrogen) atoms. The highest BCUT2D eigenvalue weighted by Gasteiger charge is 2.41. The fourth-order valence-electron chi connectivity index (χ4n) is 2.75. The molecule has 0 aliphatic heterocycles. The van der Waals surface area contributed by atoms with Crippen LogP contribution in [0.5, 0.6) is 0 Å². The molecule has 4 nitrogen and oxygen atoms in total. The first-order valence-electron chi connectivity index (χ1n) is 5.07.